The molecule has 0 aromatic heterocycles. The Bertz CT molecular complexity index is 990. The van der Waals surface area contributed by atoms with E-state index < -0.39 is 29.9 Å². The zero-order valence-corrected chi connectivity index (χ0v) is 20.3. The number of benzene rings is 2. The van der Waals surface area contributed by atoms with Crippen LogP contribution in [-0.2, 0) is 32.0 Å². The molecule has 9 heteroatoms. The molecule has 188 valence electrons. The highest BCUT2D eigenvalue weighted by molar-refractivity contribution is 5.92. The van der Waals surface area contributed by atoms with Crippen LogP contribution >= 0.6 is 0 Å². The number of rotatable bonds is 12. The Labute approximate surface area is 205 Å². The van der Waals surface area contributed by atoms with Crippen LogP contribution in [0.3, 0.4) is 0 Å². The monoisotopic (exact) mass is 482 g/mol. The fourth-order valence-corrected chi connectivity index (χ4v) is 3.21. The average molecular weight is 483 g/mol. The van der Waals surface area contributed by atoms with Crippen LogP contribution in [-0.4, -0.2) is 59.5 Å². The predicted molar refractivity (Wildman–Crippen MR) is 133 cm³/mol. The molecule has 0 unspecified atom stereocenters. The molecule has 2 rings (SSSR count). The van der Waals surface area contributed by atoms with E-state index in [-0.39, 0.29) is 37.4 Å². The zero-order valence-electron chi connectivity index (χ0n) is 20.3. The van der Waals surface area contributed by atoms with Crippen LogP contribution in [0.2, 0.25) is 0 Å². The molecule has 2 aromatic carbocycles. The largest absolute Gasteiger partial charge is 0.480 e. The predicted octanol–water partition coefficient (Wildman–Crippen LogP) is 1.03. The van der Waals surface area contributed by atoms with Crippen molar-refractivity contribution >= 4 is 23.7 Å². The van der Waals surface area contributed by atoms with Crippen LogP contribution < -0.4 is 21.3 Å². The van der Waals surface area contributed by atoms with Crippen LogP contribution in [0.15, 0.2) is 60.7 Å². The van der Waals surface area contributed by atoms with E-state index in [1.807, 2.05) is 57.2 Å². The van der Waals surface area contributed by atoms with Crippen LogP contribution in [0.4, 0.5) is 0 Å². The van der Waals surface area contributed by atoms with E-state index in [0.29, 0.717) is 0 Å². The maximum Gasteiger partial charge on any atom is 0.326 e. The summed E-state index contributed by atoms with van der Waals surface area (Å²) in [5.41, 5.74) is 1.30. The fraction of sp³-hybridized carbons (Fsp3) is 0.385. The maximum atomic E-state index is 13.1. The van der Waals surface area contributed by atoms with Gasteiger partial charge in [-0.05, 0) is 31.9 Å². The third-order valence-electron chi connectivity index (χ3n) is 5.06. The summed E-state index contributed by atoms with van der Waals surface area (Å²) in [5.74, 6) is -2.70. The van der Waals surface area contributed by atoms with Crippen LogP contribution in [0.25, 0.3) is 0 Å². The van der Waals surface area contributed by atoms with Crippen LogP contribution in [0, 0.1) is 0 Å². The zero-order chi connectivity index (χ0) is 25.8. The van der Waals surface area contributed by atoms with Gasteiger partial charge >= 0.3 is 5.97 Å². The molecular weight excluding hydrogens is 448 g/mol. The second-order valence-corrected chi connectivity index (χ2v) is 9.28. The van der Waals surface area contributed by atoms with E-state index in [2.05, 4.69) is 21.3 Å². The van der Waals surface area contributed by atoms with E-state index in [4.69, 9.17) is 0 Å². The molecule has 0 bridgehead atoms. The van der Waals surface area contributed by atoms with Gasteiger partial charge in [-0.15, -0.1) is 0 Å². The number of amides is 3. The molecule has 2 atom stereocenters. The summed E-state index contributed by atoms with van der Waals surface area (Å²) >= 11 is 0. The van der Waals surface area contributed by atoms with E-state index in [9.17, 15) is 24.3 Å². The summed E-state index contributed by atoms with van der Waals surface area (Å²) in [6.07, 6.45) is 0.264. The SMILES string of the molecule is CC(C)(C)NCC(=O)NCC(=O)N[C@@H](Cc1ccccc1)C(=O)N[C@@H](Cc1ccccc1)C(=O)O. The Morgan fingerprint density at radius 3 is 1.74 bits per heavy atom. The molecule has 0 fully saturated rings. The fourth-order valence-electron chi connectivity index (χ4n) is 3.21. The second kappa shape index (κ2) is 13.2. The third kappa shape index (κ3) is 10.8. The van der Waals surface area contributed by atoms with Crippen molar-refractivity contribution in [1.82, 2.24) is 21.3 Å². The molecule has 0 heterocycles. The van der Waals surface area contributed by atoms with Gasteiger partial charge in [-0.3, -0.25) is 14.4 Å². The Kier molecular flexibility index (Phi) is 10.4. The Morgan fingerprint density at radius 1 is 0.743 bits per heavy atom. The lowest BCUT2D eigenvalue weighted by Gasteiger charge is -2.22. The smallest absolute Gasteiger partial charge is 0.326 e. The molecule has 0 spiro atoms. The van der Waals surface area contributed by atoms with Gasteiger partial charge in [0.1, 0.15) is 12.1 Å². The molecule has 0 saturated heterocycles. The number of carboxylic acids is 1. The average Bonchev–Trinajstić information content (AvgIpc) is 2.81. The summed E-state index contributed by atoms with van der Waals surface area (Å²) in [5, 5.41) is 20.3. The standard InChI is InChI=1S/C26H34N4O5/c1-26(2,3)28-17-22(31)27-16-23(32)29-20(14-18-10-6-4-7-11-18)24(33)30-21(25(34)35)15-19-12-8-5-9-13-19/h4-13,20-21,28H,14-17H2,1-3H3,(H,27,31)(H,29,32)(H,30,33)(H,34,35)/t20-,21-/m0/s1. The van der Waals surface area contributed by atoms with Crippen LogP contribution in [0.1, 0.15) is 31.9 Å². The van der Waals surface area contributed by atoms with Gasteiger partial charge in [0.05, 0.1) is 13.1 Å². The number of hydrogen-bond donors (Lipinski definition) is 5. The molecule has 2 aromatic rings. The molecule has 0 aliphatic heterocycles. The highest BCUT2D eigenvalue weighted by Gasteiger charge is 2.27. The van der Waals surface area contributed by atoms with Crippen molar-refractivity contribution in [2.75, 3.05) is 13.1 Å². The van der Waals surface area contributed by atoms with E-state index in [1.165, 1.54) is 0 Å². The Hall–Kier alpha value is -3.72. The molecule has 9 nitrogen and oxygen atoms in total. The number of aliphatic carboxylic acids is 1. The summed E-state index contributed by atoms with van der Waals surface area (Å²) < 4.78 is 0. The number of hydrogen-bond acceptors (Lipinski definition) is 5. The number of carbonyl (C=O) groups is 4. The highest BCUT2D eigenvalue weighted by atomic mass is 16.4. The second-order valence-electron chi connectivity index (χ2n) is 9.28. The first-order chi connectivity index (χ1) is 16.5. The van der Waals surface area contributed by atoms with E-state index in [1.54, 1.807) is 24.3 Å². The minimum atomic E-state index is -1.18. The van der Waals surface area contributed by atoms with Crippen molar-refractivity contribution in [2.24, 2.45) is 0 Å². The third-order valence-corrected chi connectivity index (χ3v) is 5.06. The van der Waals surface area contributed by atoms with Gasteiger partial charge in [0.25, 0.3) is 0 Å². The van der Waals surface area contributed by atoms with Gasteiger partial charge in [0, 0.05) is 18.4 Å². The molecule has 0 radical (unpaired) electrons. The summed E-state index contributed by atoms with van der Waals surface area (Å²) in [6.45, 7) is 5.49. The van der Waals surface area contributed by atoms with Gasteiger partial charge in [-0.2, -0.15) is 0 Å². The van der Waals surface area contributed by atoms with Crippen molar-refractivity contribution in [3.63, 3.8) is 0 Å². The minimum absolute atomic E-state index is 0.0461. The quantitative estimate of drug-likeness (QED) is 0.307. The lowest BCUT2D eigenvalue weighted by molar-refractivity contribution is -0.142. The van der Waals surface area contributed by atoms with Crippen molar-refractivity contribution in [3.05, 3.63) is 71.8 Å². The van der Waals surface area contributed by atoms with Gasteiger partial charge < -0.3 is 26.4 Å². The van der Waals surface area contributed by atoms with Gasteiger partial charge in [-0.25, -0.2) is 4.79 Å². The molecule has 3 amide bonds. The van der Waals surface area contributed by atoms with Gasteiger partial charge in [0.15, 0.2) is 0 Å². The first-order valence-corrected chi connectivity index (χ1v) is 11.5. The number of carboxylic acid groups (broad SMARTS) is 1. The first-order valence-electron chi connectivity index (χ1n) is 11.5. The van der Waals surface area contributed by atoms with Gasteiger partial charge in [0.2, 0.25) is 17.7 Å². The maximum absolute atomic E-state index is 13.1. The first kappa shape index (κ1) is 27.5. The van der Waals surface area contributed by atoms with E-state index in [0.717, 1.165) is 11.1 Å². The number of nitrogens with one attached hydrogen (secondary N) is 4. The minimum Gasteiger partial charge on any atom is -0.480 e. The molecule has 0 saturated carbocycles. The molecule has 35 heavy (non-hydrogen) atoms. The lowest BCUT2D eigenvalue weighted by Crippen LogP contribution is -2.54. The Balaban J connectivity index is 2.04. The van der Waals surface area contributed by atoms with Gasteiger partial charge in [-0.1, -0.05) is 60.7 Å². The van der Waals surface area contributed by atoms with Crippen molar-refractivity contribution < 1.29 is 24.3 Å². The van der Waals surface area contributed by atoms with Crippen LogP contribution in [0.5, 0.6) is 0 Å². The number of carbonyl (C=O) groups excluding carboxylic acids is 3. The topological polar surface area (TPSA) is 137 Å². The summed E-state index contributed by atoms with van der Waals surface area (Å²) in [7, 11) is 0. The summed E-state index contributed by atoms with van der Waals surface area (Å²) in [4.78, 5) is 49.4. The summed E-state index contributed by atoms with van der Waals surface area (Å²) in [6, 6.07) is 15.9. The normalized spacial score (nSPS) is 12.8. The highest BCUT2D eigenvalue weighted by Crippen LogP contribution is 2.07. The van der Waals surface area contributed by atoms with Crippen molar-refractivity contribution in [1.29, 1.82) is 0 Å². The Morgan fingerprint density at radius 2 is 1.26 bits per heavy atom. The van der Waals surface area contributed by atoms with Crippen molar-refractivity contribution in [2.45, 2.75) is 51.2 Å². The molecule has 0 aliphatic carbocycles. The lowest BCUT2D eigenvalue weighted by atomic mass is 10.0. The van der Waals surface area contributed by atoms with Crippen molar-refractivity contribution in [3.8, 4) is 0 Å². The van der Waals surface area contributed by atoms with E-state index >= 15 is 0 Å². The molecule has 0 aliphatic rings. The molecule has 5 N–H and O–H groups in total. The molecular formula is C26H34N4O5.